The molecule has 3 aromatic heterocycles. The highest BCUT2D eigenvalue weighted by Gasteiger charge is 2.40. The van der Waals surface area contributed by atoms with Crippen LogP contribution in [0.1, 0.15) is 144 Å². The molecule has 66 heavy (non-hydrogen) atoms. The van der Waals surface area contributed by atoms with Crippen LogP contribution >= 0.6 is 0 Å². The molecule has 1 aliphatic heterocycles. The Hall–Kier alpha value is -7.23. The number of benzene rings is 6. The van der Waals surface area contributed by atoms with Crippen LogP contribution in [0.4, 0.5) is 0 Å². The summed E-state index contributed by atoms with van der Waals surface area (Å²) >= 11 is 0. The fraction of sp³-hybridized carbons (Fsp3) is 0.190. The predicted octanol–water partition coefficient (Wildman–Crippen LogP) is 14.6. The number of aromatic nitrogens is 3. The smallest absolute Gasteiger partial charge is 0.0686 e. The second kappa shape index (κ2) is 13.9. The normalized spacial score (nSPS) is 19.3. The highest BCUT2D eigenvalue weighted by molar-refractivity contribution is 5.83. The molecule has 0 unspecified atom stereocenters. The Balaban J connectivity index is 1.05. The van der Waals surface area contributed by atoms with E-state index < -0.39 is 0 Å². The molecule has 0 atom stereocenters. The molecule has 0 saturated carbocycles. The van der Waals surface area contributed by atoms with E-state index >= 15 is 0 Å². The first-order valence-corrected chi connectivity index (χ1v) is 23.6. The number of pyridine rings is 3. The van der Waals surface area contributed by atoms with Crippen LogP contribution in [-0.4, -0.2) is 15.0 Å². The van der Waals surface area contributed by atoms with E-state index in [1.54, 1.807) is 0 Å². The maximum absolute atomic E-state index is 5.74. The Kier molecular flexibility index (Phi) is 8.24. The monoisotopic (exact) mass is 849 g/mol. The second-order valence-electron chi connectivity index (χ2n) is 20.7. The van der Waals surface area contributed by atoms with Crippen molar-refractivity contribution in [3.05, 3.63) is 266 Å². The summed E-state index contributed by atoms with van der Waals surface area (Å²) in [4.78, 5) is 17.2. The van der Waals surface area contributed by atoms with Crippen LogP contribution < -0.4 is 0 Å². The zero-order chi connectivity index (χ0) is 44.7. The minimum absolute atomic E-state index is 0.148. The molecule has 4 heterocycles. The van der Waals surface area contributed by atoms with E-state index in [1.165, 1.54) is 83.5 Å². The zero-order valence-corrected chi connectivity index (χ0v) is 38.4. The van der Waals surface area contributed by atoms with E-state index in [1.807, 2.05) is 0 Å². The van der Waals surface area contributed by atoms with Gasteiger partial charge in [-0.3, -0.25) is 15.0 Å². The zero-order valence-electron chi connectivity index (χ0n) is 38.4. The summed E-state index contributed by atoms with van der Waals surface area (Å²) in [7, 11) is 0. The van der Waals surface area contributed by atoms with Crippen LogP contribution in [0.5, 0.6) is 0 Å². The van der Waals surface area contributed by atoms with Gasteiger partial charge in [0.05, 0.1) is 51.9 Å². The second-order valence-corrected chi connectivity index (χ2v) is 20.7. The number of nitrogens with zero attached hydrogens (tertiary/aromatic N) is 3. The van der Waals surface area contributed by atoms with E-state index in [-0.39, 0.29) is 34.0 Å². The topological polar surface area (TPSA) is 38.7 Å². The Morgan fingerprint density at radius 1 is 0.258 bits per heavy atom. The first-order chi connectivity index (χ1) is 32.0. The first kappa shape index (κ1) is 39.2. The van der Waals surface area contributed by atoms with Gasteiger partial charge in [-0.1, -0.05) is 187 Å². The molecule has 3 nitrogen and oxygen atoms in total. The van der Waals surface area contributed by atoms with Gasteiger partial charge >= 0.3 is 0 Å². The van der Waals surface area contributed by atoms with E-state index in [0.29, 0.717) is 0 Å². The van der Waals surface area contributed by atoms with Gasteiger partial charge in [0, 0.05) is 16.2 Å². The van der Waals surface area contributed by atoms with Crippen LogP contribution in [0.15, 0.2) is 182 Å². The average Bonchev–Trinajstić information content (AvgIpc) is 3.81. The SMILES string of the molecule is CC1(C)c2ccccc2-c2ccc(C3c4cccc(n4)C(c4ccc5c(c4)C(C)(C)c4ccccc4-5)c4cccc(n4)C(c4ccc5c(c4)C(C)(C)c4ccccc4-5)c4cccc3n4)cc21. The van der Waals surface area contributed by atoms with Crippen LogP contribution in [0, 0.1) is 0 Å². The van der Waals surface area contributed by atoms with Crippen molar-refractivity contribution < 1.29 is 0 Å². The van der Waals surface area contributed by atoms with Crippen LogP contribution in [0.2, 0.25) is 0 Å². The third kappa shape index (κ3) is 5.52. The molecule has 3 heteroatoms. The lowest BCUT2D eigenvalue weighted by Crippen LogP contribution is -2.19. The summed E-state index contributed by atoms with van der Waals surface area (Å²) in [6, 6.07) is 67.9. The molecule has 0 N–H and O–H groups in total. The van der Waals surface area contributed by atoms with E-state index in [4.69, 9.17) is 15.0 Å². The maximum atomic E-state index is 5.74. The molecule has 0 saturated heterocycles. The molecule has 0 radical (unpaired) electrons. The van der Waals surface area contributed by atoms with Crippen molar-refractivity contribution in [2.24, 2.45) is 0 Å². The van der Waals surface area contributed by atoms with Gasteiger partial charge in [0.15, 0.2) is 0 Å². The molecule has 318 valence electrons. The molecule has 3 aliphatic carbocycles. The van der Waals surface area contributed by atoms with E-state index in [9.17, 15) is 0 Å². The fourth-order valence-corrected chi connectivity index (χ4v) is 12.6. The highest BCUT2D eigenvalue weighted by Crippen LogP contribution is 2.53. The van der Waals surface area contributed by atoms with Crippen molar-refractivity contribution in [3.63, 3.8) is 0 Å². The molecule has 4 aliphatic rings. The Bertz CT molecular complexity index is 3070. The van der Waals surface area contributed by atoms with Crippen molar-refractivity contribution >= 4 is 0 Å². The molecule has 13 rings (SSSR count). The molecule has 0 fully saturated rings. The summed E-state index contributed by atoms with van der Waals surface area (Å²) in [5.74, 6) is -0.657. The Morgan fingerprint density at radius 3 is 0.773 bits per heavy atom. The summed E-state index contributed by atoms with van der Waals surface area (Å²) in [5.41, 5.74) is 25.1. The average molecular weight is 850 g/mol. The van der Waals surface area contributed by atoms with Gasteiger partial charge in [0.2, 0.25) is 0 Å². The van der Waals surface area contributed by atoms with Crippen molar-refractivity contribution in [1.82, 2.24) is 15.0 Å². The molecule has 6 aromatic carbocycles. The van der Waals surface area contributed by atoms with Gasteiger partial charge in [-0.2, -0.15) is 0 Å². The van der Waals surface area contributed by atoms with Gasteiger partial charge in [-0.05, 0) is 120 Å². The van der Waals surface area contributed by atoms with Crippen molar-refractivity contribution in [2.45, 2.75) is 75.5 Å². The standard InChI is InChI=1S/C63H51N3/c1-61(2)46-19-10-7-16-40(46)43-31-28-37(34-49(43)61)58-52-22-13-24-54(64-52)59(38-29-32-44-41-17-8-11-20-47(41)62(3,4)50(44)35-38)56-26-15-27-57(66-56)60(55-25-14-23-53(58)65-55)39-30-33-45-42-18-9-12-21-48(42)63(5,6)51(45)36-39/h7-36,58-60H,1-6H3. The predicted molar refractivity (Wildman–Crippen MR) is 268 cm³/mol. The lowest BCUT2D eigenvalue weighted by atomic mass is 9.79. The summed E-state index contributed by atoms with van der Waals surface area (Å²) in [6.45, 7) is 14.2. The largest absolute Gasteiger partial charge is 0.256 e. The molecular formula is C63H51N3. The van der Waals surface area contributed by atoms with E-state index in [2.05, 4.69) is 224 Å². The minimum Gasteiger partial charge on any atom is -0.256 e. The lowest BCUT2D eigenvalue weighted by Gasteiger charge is -2.28. The third-order valence-electron chi connectivity index (χ3n) is 16.0. The highest BCUT2D eigenvalue weighted by atomic mass is 14.8. The van der Waals surface area contributed by atoms with Crippen LogP contribution in [0.3, 0.4) is 0 Å². The van der Waals surface area contributed by atoms with Crippen molar-refractivity contribution in [3.8, 4) is 33.4 Å². The van der Waals surface area contributed by atoms with Gasteiger partial charge in [-0.25, -0.2) is 0 Å². The van der Waals surface area contributed by atoms with Crippen molar-refractivity contribution in [1.29, 1.82) is 0 Å². The van der Waals surface area contributed by atoms with Gasteiger partial charge in [-0.15, -0.1) is 0 Å². The summed E-state index contributed by atoms with van der Waals surface area (Å²) < 4.78 is 0. The van der Waals surface area contributed by atoms with Gasteiger partial charge in [0.1, 0.15) is 0 Å². The lowest BCUT2D eigenvalue weighted by molar-refractivity contribution is 0.657. The summed E-state index contributed by atoms with van der Waals surface area (Å²) in [6.07, 6.45) is 0. The van der Waals surface area contributed by atoms with Crippen molar-refractivity contribution in [2.75, 3.05) is 0 Å². The maximum Gasteiger partial charge on any atom is 0.0686 e. The Morgan fingerprint density at radius 2 is 0.500 bits per heavy atom. The third-order valence-corrected chi connectivity index (χ3v) is 16.0. The Labute approximate surface area is 388 Å². The quantitative estimate of drug-likeness (QED) is 0.178. The molecular weight excluding hydrogens is 799 g/mol. The minimum atomic E-state index is -0.219. The molecule has 0 amide bonds. The number of rotatable bonds is 3. The number of hydrogen-bond acceptors (Lipinski definition) is 3. The molecule has 9 aromatic rings. The molecule has 0 spiro atoms. The van der Waals surface area contributed by atoms with Gasteiger partial charge < -0.3 is 0 Å². The number of fused-ring (bicyclic) bond motifs is 15. The van der Waals surface area contributed by atoms with Crippen LogP contribution in [0.25, 0.3) is 33.4 Å². The van der Waals surface area contributed by atoms with E-state index in [0.717, 1.165) is 34.2 Å². The summed E-state index contributed by atoms with van der Waals surface area (Å²) in [5, 5.41) is 0. The first-order valence-electron chi connectivity index (χ1n) is 23.6. The molecule has 6 bridgehead atoms. The number of hydrogen-bond donors (Lipinski definition) is 0. The van der Waals surface area contributed by atoms with Crippen LogP contribution in [-0.2, 0) is 16.2 Å². The van der Waals surface area contributed by atoms with Gasteiger partial charge in [0.25, 0.3) is 0 Å². The fourth-order valence-electron chi connectivity index (χ4n) is 12.6.